The van der Waals surface area contributed by atoms with E-state index in [0.29, 0.717) is 0 Å². The standard InChI is InChI=1S/C21H19N3O/c1-24(15-8-4-3-5-9-15)16-12-18-19(14-23-21(18)22-13-16)17-10-6-7-11-20(17)25-2/h3-14H,1-2H3,(H,22,23). The number of pyridine rings is 1. The van der Waals surface area contributed by atoms with E-state index in [2.05, 4.69) is 39.1 Å². The summed E-state index contributed by atoms with van der Waals surface area (Å²) in [6.45, 7) is 0. The Morgan fingerprint density at radius 1 is 0.920 bits per heavy atom. The molecule has 4 nitrogen and oxygen atoms in total. The van der Waals surface area contributed by atoms with Gasteiger partial charge in [-0.25, -0.2) is 4.98 Å². The Balaban J connectivity index is 1.83. The number of methoxy groups -OCH3 is 1. The molecule has 4 aromatic rings. The molecular formula is C21H19N3O. The Bertz CT molecular complexity index is 1010. The topological polar surface area (TPSA) is 41.1 Å². The highest BCUT2D eigenvalue weighted by Gasteiger charge is 2.13. The molecule has 124 valence electrons. The van der Waals surface area contributed by atoms with Crippen molar-refractivity contribution < 1.29 is 4.74 Å². The van der Waals surface area contributed by atoms with Crippen LogP contribution < -0.4 is 9.64 Å². The number of fused-ring (bicyclic) bond motifs is 1. The van der Waals surface area contributed by atoms with Crippen LogP contribution in [0.2, 0.25) is 0 Å². The molecule has 2 aromatic heterocycles. The summed E-state index contributed by atoms with van der Waals surface area (Å²) in [6, 6.07) is 20.5. The van der Waals surface area contributed by atoms with Crippen molar-refractivity contribution in [3.05, 3.63) is 73.1 Å². The molecule has 2 heterocycles. The van der Waals surface area contributed by atoms with Crippen molar-refractivity contribution >= 4 is 22.4 Å². The number of hydrogen-bond acceptors (Lipinski definition) is 3. The molecule has 0 radical (unpaired) electrons. The Morgan fingerprint density at radius 3 is 2.48 bits per heavy atom. The molecule has 0 saturated carbocycles. The molecule has 0 aliphatic carbocycles. The van der Waals surface area contributed by atoms with Crippen LogP contribution in [0.3, 0.4) is 0 Å². The molecule has 0 aliphatic heterocycles. The number of benzene rings is 2. The van der Waals surface area contributed by atoms with Crippen LogP contribution in [0.15, 0.2) is 73.1 Å². The van der Waals surface area contributed by atoms with Crippen molar-refractivity contribution in [2.75, 3.05) is 19.1 Å². The van der Waals surface area contributed by atoms with Crippen molar-refractivity contribution in [3.8, 4) is 16.9 Å². The number of para-hydroxylation sites is 2. The molecule has 0 fully saturated rings. The molecule has 0 amide bonds. The van der Waals surface area contributed by atoms with Crippen LogP contribution in [-0.2, 0) is 0 Å². The lowest BCUT2D eigenvalue weighted by atomic mass is 10.0. The number of aromatic amines is 1. The van der Waals surface area contributed by atoms with Gasteiger partial charge >= 0.3 is 0 Å². The van der Waals surface area contributed by atoms with Crippen molar-refractivity contribution in [2.24, 2.45) is 0 Å². The van der Waals surface area contributed by atoms with Crippen molar-refractivity contribution in [2.45, 2.75) is 0 Å². The van der Waals surface area contributed by atoms with E-state index in [9.17, 15) is 0 Å². The molecule has 1 N–H and O–H groups in total. The zero-order valence-electron chi connectivity index (χ0n) is 14.2. The Hall–Kier alpha value is -3.27. The van der Waals surface area contributed by atoms with Crippen molar-refractivity contribution in [1.82, 2.24) is 9.97 Å². The van der Waals surface area contributed by atoms with Gasteiger partial charge in [0.1, 0.15) is 11.4 Å². The summed E-state index contributed by atoms with van der Waals surface area (Å²) in [5, 5.41) is 1.07. The highest BCUT2D eigenvalue weighted by Crippen LogP contribution is 2.36. The molecule has 25 heavy (non-hydrogen) atoms. The molecule has 0 spiro atoms. The molecule has 0 atom stereocenters. The summed E-state index contributed by atoms with van der Waals surface area (Å²) in [7, 11) is 3.74. The first-order valence-electron chi connectivity index (χ1n) is 8.17. The smallest absolute Gasteiger partial charge is 0.138 e. The third-order valence-corrected chi connectivity index (χ3v) is 4.44. The van der Waals surface area contributed by atoms with E-state index in [0.717, 1.165) is 39.3 Å². The van der Waals surface area contributed by atoms with Gasteiger partial charge in [0.25, 0.3) is 0 Å². The third kappa shape index (κ3) is 2.72. The minimum atomic E-state index is 0.852. The summed E-state index contributed by atoms with van der Waals surface area (Å²) in [4.78, 5) is 9.98. The van der Waals surface area contributed by atoms with Crippen molar-refractivity contribution in [3.63, 3.8) is 0 Å². The Labute approximate surface area is 146 Å². The van der Waals surface area contributed by atoms with Gasteiger partial charge in [0.2, 0.25) is 0 Å². The summed E-state index contributed by atoms with van der Waals surface area (Å²) in [5.41, 5.74) is 5.17. The third-order valence-electron chi connectivity index (χ3n) is 4.44. The minimum Gasteiger partial charge on any atom is -0.496 e. The fourth-order valence-electron chi connectivity index (χ4n) is 3.07. The second-order valence-electron chi connectivity index (χ2n) is 5.89. The summed E-state index contributed by atoms with van der Waals surface area (Å²) in [6.07, 6.45) is 3.87. The van der Waals surface area contributed by atoms with Gasteiger partial charge in [0.05, 0.1) is 19.0 Å². The van der Waals surface area contributed by atoms with Crippen LogP contribution in [0.5, 0.6) is 5.75 Å². The fourth-order valence-corrected chi connectivity index (χ4v) is 3.07. The lowest BCUT2D eigenvalue weighted by Gasteiger charge is -2.19. The Morgan fingerprint density at radius 2 is 1.68 bits per heavy atom. The van der Waals surface area contributed by atoms with Gasteiger partial charge in [-0.15, -0.1) is 0 Å². The highest BCUT2D eigenvalue weighted by molar-refractivity contribution is 5.97. The number of nitrogens with zero attached hydrogens (tertiary/aromatic N) is 2. The van der Waals surface area contributed by atoms with E-state index in [1.807, 2.05) is 55.8 Å². The molecule has 4 rings (SSSR count). The lowest BCUT2D eigenvalue weighted by Crippen LogP contribution is -2.09. The van der Waals surface area contributed by atoms with Gasteiger partial charge in [0.15, 0.2) is 0 Å². The van der Waals surface area contributed by atoms with Gasteiger partial charge in [0, 0.05) is 35.4 Å². The van der Waals surface area contributed by atoms with E-state index in [1.54, 1.807) is 7.11 Å². The monoisotopic (exact) mass is 329 g/mol. The maximum absolute atomic E-state index is 5.52. The van der Waals surface area contributed by atoms with Gasteiger partial charge in [-0.3, -0.25) is 0 Å². The zero-order valence-corrected chi connectivity index (χ0v) is 14.2. The predicted molar refractivity (Wildman–Crippen MR) is 103 cm³/mol. The first kappa shape index (κ1) is 15.3. The van der Waals surface area contributed by atoms with E-state index in [-0.39, 0.29) is 0 Å². The lowest BCUT2D eigenvalue weighted by molar-refractivity contribution is 0.416. The molecule has 4 heteroatoms. The van der Waals surface area contributed by atoms with Crippen LogP contribution in [0, 0.1) is 0 Å². The molecule has 0 saturated heterocycles. The molecule has 0 aliphatic rings. The minimum absolute atomic E-state index is 0.852. The average molecular weight is 329 g/mol. The zero-order chi connectivity index (χ0) is 17.2. The molecule has 2 aromatic carbocycles. The quantitative estimate of drug-likeness (QED) is 0.572. The molecule has 0 bridgehead atoms. The second kappa shape index (κ2) is 6.32. The van der Waals surface area contributed by atoms with Gasteiger partial charge < -0.3 is 14.6 Å². The largest absolute Gasteiger partial charge is 0.496 e. The maximum Gasteiger partial charge on any atom is 0.138 e. The average Bonchev–Trinajstić information content (AvgIpc) is 3.11. The van der Waals surface area contributed by atoms with Crippen LogP contribution in [-0.4, -0.2) is 24.1 Å². The number of ether oxygens (including phenoxy) is 1. The van der Waals surface area contributed by atoms with Gasteiger partial charge in [-0.1, -0.05) is 36.4 Å². The summed E-state index contributed by atoms with van der Waals surface area (Å²) < 4.78 is 5.52. The van der Waals surface area contributed by atoms with Crippen LogP contribution in [0.25, 0.3) is 22.2 Å². The number of nitrogens with one attached hydrogen (secondary N) is 1. The van der Waals surface area contributed by atoms with E-state index >= 15 is 0 Å². The van der Waals surface area contributed by atoms with E-state index in [1.165, 1.54) is 0 Å². The van der Waals surface area contributed by atoms with E-state index < -0.39 is 0 Å². The van der Waals surface area contributed by atoms with Crippen molar-refractivity contribution in [1.29, 1.82) is 0 Å². The number of rotatable bonds is 4. The number of hydrogen-bond donors (Lipinski definition) is 1. The molecular weight excluding hydrogens is 310 g/mol. The normalized spacial score (nSPS) is 10.8. The summed E-state index contributed by atoms with van der Waals surface area (Å²) >= 11 is 0. The number of H-pyrrole nitrogens is 1. The Kier molecular flexibility index (Phi) is 3.86. The second-order valence-corrected chi connectivity index (χ2v) is 5.89. The van der Waals surface area contributed by atoms with Crippen LogP contribution in [0.1, 0.15) is 0 Å². The molecule has 0 unspecified atom stereocenters. The van der Waals surface area contributed by atoms with Gasteiger partial charge in [-0.05, 0) is 24.3 Å². The van der Waals surface area contributed by atoms with E-state index in [4.69, 9.17) is 4.74 Å². The summed E-state index contributed by atoms with van der Waals surface area (Å²) in [5.74, 6) is 0.852. The highest BCUT2D eigenvalue weighted by atomic mass is 16.5. The number of aromatic nitrogens is 2. The fraction of sp³-hybridized carbons (Fsp3) is 0.0952. The first-order chi connectivity index (χ1) is 12.3. The SMILES string of the molecule is COc1ccccc1-c1c[nH]c2ncc(N(C)c3ccccc3)cc12. The predicted octanol–water partition coefficient (Wildman–Crippen LogP) is 5.01. The first-order valence-corrected chi connectivity index (χ1v) is 8.17. The maximum atomic E-state index is 5.52. The van der Waals surface area contributed by atoms with Gasteiger partial charge in [-0.2, -0.15) is 0 Å². The van der Waals surface area contributed by atoms with Crippen LogP contribution >= 0.6 is 0 Å². The van der Waals surface area contributed by atoms with Crippen LogP contribution in [0.4, 0.5) is 11.4 Å². The number of anilines is 2.